The SMILES string of the molecule is c1ccc(-c2ccc3oc4ccccc4c3c2-c2ccccc2)cc1. The van der Waals surface area contributed by atoms with Gasteiger partial charge in [0.1, 0.15) is 11.2 Å². The van der Waals surface area contributed by atoms with Crippen molar-refractivity contribution in [1.29, 1.82) is 0 Å². The van der Waals surface area contributed by atoms with Gasteiger partial charge in [-0.05, 0) is 28.8 Å². The molecule has 0 aliphatic carbocycles. The van der Waals surface area contributed by atoms with Crippen LogP contribution in [0.3, 0.4) is 0 Å². The normalized spacial score (nSPS) is 11.2. The van der Waals surface area contributed by atoms with E-state index in [0.717, 1.165) is 16.6 Å². The Balaban J connectivity index is 1.97. The molecule has 4 aromatic carbocycles. The lowest BCUT2D eigenvalue weighted by Crippen LogP contribution is -1.86. The van der Waals surface area contributed by atoms with Crippen LogP contribution in [-0.2, 0) is 0 Å². The van der Waals surface area contributed by atoms with Gasteiger partial charge in [0.05, 0.1) is 0 Å². The standard InChI is InChI=1S/C24H16O/c1-3-9-17(10-4-1)19-15-16-22-24(20-13-7-8-14-21(20)25-22)23(19)18-11-5-2-6-12-18/h1-16H. The summed E-state index contributed by atoms with van der Waals surface area (Å²) in [6.07, 6.45) is 0. The molecule has 0 aliphatic heterocycles. The Morgan fingerprint density at radius 3 is 1.88 bits per heavy atom. The van der Waals surface area contributed by atoms with Crippen molar-refractivity contribution in [3.63, 3.8) is 0 Å². The van der Waals surface area contributed by atoms with Crippen LogP contribution in [0, 0.1) is 0 Å². The van der Waals surface area contributed by atoms with Crippen LogP contribution >= 0.6 is 0 Å². The molecule has 5 aromatic rings. The number of rotatable bonds is 2. The highest BCUT2D eigenvalue weighted by molar-refractivity contribution is 6.15. The summed E-state index contributed by atoms with van der Waals surface area (Å²) in [5.74, 6) is 0. The second-order valence-electron chi connectivity index (χ2n) is 6.19. The third-order valence-corrected chi connectivity index (χ3v) is 4.69. The van der Waals surface area contributed by atoms with Gasteiger partial charge in [0.25, 0.3) is 0 Å². The Morgan fingerprint density at radius 1 is 0.480 bits per heavy atom. The molecule has 0 radical (unpaired) electrons. The first-order valence-corrected chi connectivity index (χ1v) is 8.47. The van der Waals surface area contributed by atoms with Gasteiger partial charge in [0.15, 0.2) is 0 Å². The minimum absolute atomic E-state index is 0.930. The minimum atomic E-state index is 0.930. The smallest absolute Gasteiger partial charge is 0.136 e. The molecule has 1 nitrogen and oxygen atoms in total. The lowest BCUT2D eigenvalue weighted by molar-refractivity contribution is 0.669. The number of fused-ring (bicyclic) bond motifs is 3. The molecule has 0 atom stereocenters. The molecule has 0 saturated heterocycles. The zero-order valence-electron chi connectivity index (χ0n) is 13.6. The average Bonchev–Trinajstić information content (AvgIpc) is 3.07. The van der Waals surface area contributed by atoms with Crippen molar-refractivity contribution < 1.29 is 4.42 Å². The van der Waals surface area contributed by atoms with Crippen molar-refractivity contribution >= 4 is 21.9 Å². The Labute approximate surface area is 146 Å². The first kappa shape index (κ1) is 14.1. The molecule has 5 rings (SSSR count). The third kappa shape index (κ3) is 2.25. The largest absolute Gasteiger partial charge is 0.456 e. The molecule has 1 aromatic heterocycles. The van der Waals surface area contributed by atoms with Crippen LogP contribution in [0.25, 0.3) is 44.2 Å². The summed E-state index contributed by atoms with van der Waals surface area (Å²) >= 11 is 0. The fourth-order valence-corrected chi connectivity index (χ4v) is 3.58. The predicted octanol–water partition coefficient (Wildman–Crippen LogP) is 6.92. The van der Waals surface area contributed by atoms with Gasteiger partial charge in [-0.2, -0.15) is 0 Å². The Morgan fingerprint density at radius 2 is 1.12 bits per heavy atom. The summed E-state index contributed by atoms with van der Waals surface area (Å²) < 4.78 is 6.11. The van der Waals surface area contributed by atoms with E-state index in [1.165, 1.54) is 27.6 Å². The molecule has 1 heterocycles. The monoisotopic (exact) mass is 320 g/mol. The van der Waals surface area contributed by atoms with Gasteiger partial charge in [-0.1, -0.05) is 84.9 Å². The maximum Gasteiger partial charge on any atom is 0.136 e. The topological polar surface area (TPSA) is 13.1 Å². The molecule has 0 bridgehead atoms. The lowest BCUT2D eigenvalue weighted by Gasteiger charge is -2.12. The number of hydrogen-bond acceptors (Lipinski definition) is 1. The van der Waals surface area contributed by atoms with E-state index in [4.69, 9.17) is 4.42 Å². The maximum absolute atomic E-state index is 6.11. The number of furan rings is 1. The first-order valence-electron chi connectivity index (χ1n) is 8.47. The zero-order chi connectivity index (χ0) is 16.6. The number of benzene rings is 4. The van der Waals surface area contributed by atoms with Gasteiger partial charge in [0.2, 0.25) is 0 Å². The van der Waals surface area contributed by atoms with Gasteiger partial charge in [-0.3, -0.25) is 0 Å². The minimum Gasteiger partial charge on any atom is -0.456 e. The van der Waals surface area contributed by atoms with E-state index in [-0.39, 0.29) is 0 Å². The van der Waals surface area contributed by atoms with Crippen LogP contribution in [0.2, 0.25) is 0 Å². The molecule has 0 fully saturated rings. The van der Waals surface area contributed by atoms with Crippen LogP contribution in [0.15, 0.2) is 101 Å². The van der Waals surface area contributed by atoms with Crippen molar-refractivity contribution in [2.45, 2.75) is 0 Å². The maximum atomic E-state index is 6.11. The molecule has 0 amide bonds. The molecule has 0 aliphatic rings. The summed E-state index contributed by atoms with van der Waals surface area (Å²) in [4.78, 5) is 0. The van der Waals surface area contributed by atoms with E-state index in [1.54, 1.807) is 0 Å². The molecule has 0 spiro atoms. The van der Waals surface area contributed by atoms with Gasteiger partial charge >= 0.3 is 0 Å². The Hall–Kier alpha value is -3.32. The molecular weight excluding hydrogens is 304 g/mol. The fourth-order valence-electron chi connectivity index (χ4n) is 3.58. The summed E-state index contributed by atoms with van der Waals surface area (Å²) in [6.45, 7) is 0. The quantitative estimate of drug-likeness (QED) is 0.344. The number of para-hydroxylation sites is 1. The van der Waals surface area contributed by atoms with E-state index in [1.807, 2.05) is 12.1 Å². The van der Waals surface area contributed by atoms with Crippen LogP contribution in [-0.4, -0.2) is 0 Å². The highest BCUT2D eigenvalue weighted by atomic mass is 16.3. The summed E-state index contributed by atoms with van der Waals surface area (Å²) in [5, 5.41) is 2.34. The van der Waals surface area contributed by atoms with Crippen LogP contribution in [0.4, 0.5) is 0 Å². The van der Waals surface area contributed by atoms with Crippen molar-refractivity contribution in [3.05, 3.63) is 97.1 Å². The van der Waals surface area contributed by atoms with Gasteiger partial charge in [-0.25, -0.2) is 0 Å². The lowest BCUT2D eigenvalue weighted by atomic mass is 9.91. The fraction of sp³-hybridized carbons (Fsp3) is 0. The summed E-state index contributed by atoms with van der Waals surface area (Å²) in [6, 6.07) is 33.6. The second kappa shape index (κ2) is 5.64. The highest BCUT2D eigenvalue weighted by Gasteiger charge is 2.16. The average molecular weight is 320 g/mol. The van der Waals surface area contributed by atoms with Gasteiger partial charge in [-0.15, -0.1) is 0 Å². The van der Waals surface area contributed by atoms with Crippen LogP contribution in [0.1, 0.15) is 0 Å². The van der Waals surface area contributed by atoms with E-state index in [9.17, 15) is 0 Å². The molecule has 118 valence electrons. The summed E-state index contributed by atoms with van der Waals surface area (Å²) in [5.41, 5.74) is 6.74. The van der Waals surface area contributed by atoms with Crippen molar-refractivity contribution in [3.8, 4) is 22.3 Å². The van der Waals surface area contributed by atoms with Crippen LogP contribution in [0.5, 0.6) is 0 Å². The van der Waals surface area contributed by atoms with E-state index in [0.29, 0.717) is 0 Å². The Kier molecular flexibility index (Phi) is 3.17. The third-order valence-electron chi connectivity index (χ3n) is 4.69. The first-order chi connectivity index (χ1) is 12.4. The van der Waals surface area contributed by atoms with Crippen molar-refractivity contribution in [1.82, 2.24) is 0 Å². The predicted molar refractivity (Wildman–Crippen MR) is 105 cm³/mol. The van der Waals surface area contributed by atoms with E-state index >= 15 is 0 Å². The molecule has 25 heavy (non-hydrogen) atoms. The number of hydrogen-bond donors (Lipinski definition) is 0. The highest BCUT2D eigenvalue weighted by Crippen LogP contribution is 2.42. The molecule has 1 heteroatoms. The molecule has 0 N–H and O–H groups in total. The second-order valence-corrected chi connectivity index (χ2v) is 6.19. The van der Waals surface area contributed by atoms with E-state index < -0.39 is 0 Å². The van der Waals surface area contributed by atoms with Gasteiger partial charge in [0, 0.05) is 16.3 Å². The van der Waals surface area contributed by atoms with E-state index in [2.05, 4.69) is 84.9 Å². The van der Waals surface area contributed by atoms with Gasteiger partial charge < -0.3 is 4.42 Å². The Bertz CT molecular complexity index is 1170. The molecule has 0 unspecified atom stereocenters. The molecular formula is C24H16O. The van der Waals surface area contributed by atoms with Crippen LogP contribution < -0.4 is 0 Å². The zero-order valence-corrected chi connectivity index (χ0v) is 13.6. The van der Waals surface area contributed by atoms with Crippen molar-refractivity contribution in [2.75, 3.05) is 0 Å². The summed E-state index contributed by atoms with van der Waals surface area (Å²) in [7, 11) is 0. The molecule has 0 saturated carbocycles. The van der Waals surface area contributed by atoms with Crippen molar-refractivity contribution in [2.24, 2.45) is 0 Å².